The Labute approximate surface area is 122 Å². The Morgan fingerprint density at radius 1 is 1.35 bits per heavy atom. The quantitative estimate of drug-likeness (QED) is 0.914. The molecule has 1 unspecified atom stereocenters. The lowest BCUT2D eigenvalue weighted by molar-refractivity contribution is 0.00669. The van der Waals surface area contributed by atoms with Crippen molar-refractivity contribution in [2.24, 2.45) is 0 Å². The molecule has 1 heterocycles. The fraction of sp³-hybridized carbons (Fsp3) is 0.647. The highest BCUT2D eigenvalue weighted by Crippen LogP contribution is 2.26. The van der Waals surface area contributed by atoms with Crippen molar-refractivity contribution in [2.45, 2.75) is 58.7 Å². The number of hydrogen-bond acceptors (Lipinski definition) is 3. The molecule has 3 heteroatoms. The molecule has 0 spiro atoms. The first-order chi connectivity index (χ1) is 9.46. The molecule has 2 rings (SSSR count). The summed E-state index contributed by atoms with van der Waals surface area (Å²) in [7, 11) is 0. The van der Waals surface area contributed by atoms with Gasteiger partial charge in [0.1, 0.15) is 11.9 Å². The highest BCUT2D eigenvalue weighted by molar-refractivity contribution is 5.41. The first kappa shape index (κ1) is 15.3. The van der Waals surface area contributed by atoms with Crippen LogP contribution < -0.4 is 10.1 Å². The highest BCUT2D eigenvalue weighted by Gasteiger charge is 2.19. The van der Waals surface area contributed by atoms with Gasteiger partial charge in [0.2, 0.25) is 0 Å². The molecule has 1 aromatic rings. The molecule has 1 aliphatic heterocycles. The third-order valence-corrected chi connectivity index (χ3v) is 3.51. The van der Waals surface area contributed by atoms with Gasteiger partial charge >= 0.3 is 0 Å². The van der Waals surface area contributed by atoms with Crippen molar-refractivity contribution < 1.29 is 9.47 Å². The lowest BCUT2D eigenvalue weighted by Crippen LogP contribution is -2.35. The van der Waals surface area contributed by atoms with E-state index in [2.05, 4.69) is 51.2 Å². The van der Waals surface area contributed by atoms with Crippen LogP contribution in [0.1, 0.15) is 44.7 Å². The van der Waals surface area contributed by atoms with Crippen LogP contribution in [0.5, 0.6) is 5.75 Å². The summed E-state index contributed by atoms with van der Waals surface area (Å²) >= 11 is 0. The Balaban J connectivity index is 2.09. The normalized spacial score (nSPS) is 19.9. The first-order valence-electron chi connectivity index (χ1n) is 7.53. The molecule has 112 valence electrons. The third-order valence-electron chi connectivity index (χ3n) is 3.51. The summed E-state index contributed by atoms with van der Waals surface area (Å²) < 4.78 is 11.7. The Kier molecular flexibility index (Phi) is 5.06. The zero-order chi connectivity index (χ0) is 14.6. The number of aryl methyl sites for hydroxylation is 1. The summed E-state index contributed by atoms with van der Waals surface area (Å²) in [6.07, 6.45) is 2.37. The lowest BCUT2D eigenvalue weighted by Gasteiger charge is -2.27. The molecule has 1 fully saturated rings. The summed E-state index contributed by atoms with van der Waals surface area (Å²) in [5.74, 6) is 1.03. The van der Waals surface area contributed by atoms with Crippen molar-refractivity contribution >= 4 is 0 Å². The summed E-state index contributed by atoms with van der Waals surface area (Å²) in [5.41, 5.74) is 2.53. The third kappa shape index (κ3) is 4.50. The lowest BCUT2D eigenvalue weighted by atomic mass is 10.1. The minimum absolute atomic E-state index is 0.106. The van der Waals surface area contributed by atoms with E-state index in [1.54, 1.807) is 0 Å². The van der Waals surface area contributed by atoms with E-state index in [1.807, 2.05) is 0 Å². The van der Waals surface area contributed by atoms with Crippen LogP contribution in [0.3, 0.4) is 0 Å². The Morgan fingerprint density at radius 2 is 2.15 bits per heavy atom. The van der Waals surface area contributed by atoms with Crippen LogP contribution in [0.25, 0.3) is 0 Å². The van der Waals surface area contributed by atoms with Crippen LogP contribution in [0.2, 0.25) is 0 Å². The fourth-order valence-corrected chi connectivity index (χ4v) is 2.35. The number of para-hydroxylation sites is 1. The van der Waals surface area contributed by atoms with Gasteiger partial charge < -0.3 is 14.8 Å². The number of nitrogens with one attached hydrogen (secondary N) is 1. The Morgan fingerprint density at radius 3 is 2.80 bits per heavy atom. The van der Waals surface area contributed by atoms with Gasteiger partial charge in [-0.2, -0.15) is 0 Å². The molecule has 1 saturated heterocycles. The van der Waals surface area contributed by atoms with Crippen LogP contribution >= 0.6 is 0 Å². The van der Waals surface area contributed by atoms with Gasteiger partial charge in [-0.05, 0) is 46.1 Å². The second-order valence-electron chi connectivity index (χ2n) is 6.62. The number of hydrogen-bond donors (Lipinski definition) is 1. The molecule has 1 N–H and O–H groups in total. The molecule has 1 aromatic carbocycles. The maximum atomic E-state index is 6.22. The Hall–Kier alpha value is -1.06. The molecule has 0 aromatic heterocycles. The topological polar surface area (TPSA) is 30.5 Å². The van der Waals surface area contributed by atoms with E-state index in [9.17, 15) is 0 Å². The minimum atomic E-state index is 0.106. The molecule has 1 atom stereocenters. The summed E-state index contributed by atoms with van der Waals surface area (Å²) in [6, 6.07) is 6.35. The molecule has 0 radical (unpaired) electrons. The molecule has 0 aliphatic carbocycles. The molecular formula is C17H27NO2. The standard InChI is InChI=1S/C17H27NO2/c1-13-7-5-8-14(11-18-17(2,3)4)16(13)20-15-9-6-10-19-12-15/h5,7-8,15,18H,6,9-12H2,1-4H3. The van der Waals surface area contributed by atoms with E-state index in [4.69, 9.17) is 9.47 Å². The van der Waals surface area contributed by atoms with Gasteiger partial charge in [-0.3, -0.25) is 0 Å². The zero-order valence-corrected chi connectivity index (χ0v) is 13.2. The van der Waals surface area contributed by atoms with E-state index in [-0.39, 0.29) is 11.6 Å². The van der Waals surface area contributed by atoms with E-state index >= 15 is 0 Å². The number of ether oxygens (including phenoxy) is 2. The monoisotopic (exact) mass is 277 g/mol. The van der Waals surface area contributed by atoms with E-state index < -0.39 is 0 Å². The van der Waals surface area contributed by atoms with Gasteiger partial charge in [0.15, 0.2) is 0 Å². The summed E-state index contributed by atoms with van der Waals surface area (Å²) in [6.45, 7) is 11.1. The molecule has 0 saturated carbocycles. The van der Waals surface area contributed by atoms with Crippen LogP contribution in [-0.4, -0.2) is 24.9 Å². The highest BCUT2D eigenvalue weighted by atomic mass is 16.5. The Bertz CT molecular complexity index is 431. The van der Waals surface area contributed by atoms with E-state index in [1.165, 1.54) is 11.1 Å². The molecular weight excluding hydrogens is 250 g/mol. The van der Waals surface area contributed by atoms with Crippen molar-refractivity contribution in [1.82, 2.24) is 5.32 Å². The average Bonchev–Trinajstić information content (AvgIpc) is 2.40. The maximum absolute atomic E-state index is 6.22. The van der Waals surface area contributed by atoms with Gasteiger partial charge in [0, 0.05) is 24.3 Å². The fourth-order valence-electron chi connectivity index (χ4n) is 2.35. The van der Waals surface area contributed by atoms with Gasteiger partial charge in [-0.15, -0.1) is 0 Å². The van der Waals surface area contributed by atoms with Gasteiger partial charge in [0.25, 0.3) is 0 Å². The largest absolute Gasteiger partial charge is 0.487 e. The molecule has 0 bridgehead atoms. The van der Waals surface area contributed by atoms with Crippen LogP contribution in [0.4, 0.5) is 0 Å². The molecule has 1 aliphatic rings. The minimum Gasteiger partial charge on any atom is -0.487 e. The molecule has 20 heavy (non-hydrogen) atoms. The van der Waals surface area contributed by atoms with Crippen molar-refractivity contribution in [3.63, 3.8) is 0 Å². The van der Waals surface area contributed by atoms with Crippen LogP contribution in [-0.2, 0) is 11.3 Å². The van der Waals surface area contributed by atoms with Gasteiger partial charge in [-0.1, -0.05) is 18.2 Å². The van der Waals surface area contributed by atoms with E-state index in [0.29, 0.717) is 6.61 Å². The number of rotatable bonds is 4. The second kappa shape index (κ2) is 6.59. The smallest absolute Gasteiger partial charge is 0.127 e. The van der Waals surface area contributed by atoms with Crippen molar-refractivity contribution in [3.8, 4) is 5.75 Å². The predicted molar refractivity (Wildman–Crippen MR) is 82.2 cm³/mol. The van der Waals surface area contributed by atoms with Crippen LogP contribution in [0.15, 0.2) is 18.2 Å². The summed E-state index contributed by atoms with van der Waals surface area (Å²) in [4.78, 5) is 0. The van der Waals surface area contributed by atoms with Crippen LogP contribution in [0, 0.1) is 6.92 Å². The predicted octanol–water partition coefficient (Wildman–Crippen LogP) is 3.44. The van der Waals surface area contributed by atoms with Crippen molar-refractivity contribution in [3.05, 3.63) is 29.3 Å². The molecule has 3 nitrogen and oxygen atoms in total. The maximum Gasteiger partial charge on any atom is 0.127 e. The summed E-state index contributed by atoms with van der Waals surface area (Å²) in [5, 5.41) is 3.53. The van der Waals surface area contributed by atoms with Gasteiger partial charge in [0.05, 0.1) is 6.61 Å². The first-order valence-corrected chi connectivity index (χ1v) is 7.53. The average molecular weight is 277 g/mol. The number of benzene rings is 1. The molecule has 0 amide bonds. The second-order valence-corrected chi connectivity index (χ2v) is 6.62. The van der Waals surface area contributed by atoms with Crippen molar-refractivity contribution in [1.29, 1.82) is 0 Å². The zero-order valence-electron chi connectivity index (χ0n) is 13.2. The van der Waals surface area contributed by atoms with E-state index in [0.717, 1.165) is 31.7 Å². The SMILES string of the molecule is Cc1cccc(CNC(C)(C)C)c1OC1CCCOC1. The van der Waals surface area contributed by atoms with Crippen molar-refractivity contribution in [2.75, 3.05) is 13.2 Å². The van der Waals surface area contributed by atoms with Gasteiger partial charge in [-0.25, -0.2) is 0 Å².